The molecule has 3 aromatic carbocycles. The molecule has 1 heterocycles. The van der Waals surface area contributed by atoms with Crippen LogP contribution in [0, 0.1) is 5.92 Å². The summed E-state index contributed by atoms with van der Waals surface area (Å²) in [4.78, 5) is 40.4. The van der Waals surface area contributed by atoms with Gasteiger partial charge in [-0.3, -0.25) is 14.4 Å². The van der Waals surface area contributed by atoms with Gasteiger partial charge in [-0.1, -0.05) is 75.7 Å². The maximum atomic E-state index is 14.0. The number of halogens is 1. The normalized spacial score (nSPS) is 13.1. The average molecular weight is 559 g/mol. The zero-order valence-electron chi connectivity index (χ0n) is 23.3. The molecule has 1 amide bonds. The van der Waals surface area contributed by atoms with Gasteiger partial charge in [-0.25, -0.2) is 0 Å². The summed E-state index contributed by atoms with van der Waals surface area (Å²) in [5.41, 5.74) is 5.11. The number of hydrogen-bond acceptors (Lipinski definition) is 3. The first-order valence-corrected chi connectivity index (χ1v) is 13.8. The Morgan fingerprint density at radius 2 is 1.62 bits per heavy atom. The number of ketones is 1. The Hall–Kier alpha value is -3.90. The molecule has 2 unspecified atom stereocenters. The third kappa shape index (κ3) is 6.99. The molecule has 2 atom stereocenters. The minimum Gasteiger partial charge on any atom is -0.481 e. The monoisotopic (exact) mass is 558 g/mol. The minimum atomic E-state index is -0.966. The van der Waals surface area contributed by atoms with Crippen molar-refractivity contribution in [3.63, 3.8) is 0 Å². The van der Waals surface area contributed by atoms with Crippen molar-refractivity contribution in [3.8, 4) is 0 Å². The predicted molar refractivity (Wildman–Crippen MR) is 159 cm³/mol. The molecule has 7 heteroatoms. The van der Waals surface area contributed by atoms with Crippen molar-refractivity contribution >= 4 is 40.2 Å². The van der Waals surface area contributed by atoms with Crippen LogP contribution in [0.25, 0.3) is 10.9 Å². The number of carboxylic acids is 1. The third-order valence-corrected chi connectivity index (χ3v) is 7.62. The van der Waals surface area contributed by atoms with Gasteiger partial charge >= 0.3 is 5.97 Å². The maximum absolute atomic E-state index is 14.0. The van der Waals surface area contributed by atoms with Crippen molar-refractivity contribution in [2.75, 3.05) is 6.54 Å². The number of Topliss-reactive ketones (excluding diaryl/α,β-unsaturated/α-hetero) is 1. The van der Waals surface area contributed by atoms with E-state index in [1.165, 1.54) is 5.56 Å². The molecule has 40 heavy (non-hydrogen) atoms. The first-order valence-electron chi connectivity index (χ1n) is 13.4. The van der Waals surface area contributed by atoms with Gasteiger partial charge < -0.3 is 15.4 Å². The predicted octanol–water partition coefficient (Wildman–Crippen LogP) is 7.17. The van der Waals surface area contributed by atoms with Crippen molar-refractivity contribution < 1.29 is 19.5 Å². The lowest BCUT2D eigenvalue weighted by atomic mass is 9.79. The van der Waals surface area contributed by atoms with E-state index in [1.807, 2.05) is 37.3 Å². The number of carbonyl (C=O) groups excluding carboxylic acids is 2. The topological polar surface area (TPSA) is 99.3 Å². The maximum Gasteiger partial charge on any atom is 0.305 e. The molecule has 0 aliphatic carbocycles. The Morgan fingerprint density at radius 1 is 0.950 bits per heavy atom. The van der Waals surface area contributed by atoms with Gasteiger partial charge in [-0.15, -0.1) is 0 Å². The lowest BCUT2D eigenvalue weighted by Crippen LogP contribution is -2.26. The lowest BCUT2D eigenvalue weighted by Gasteiger charge is -2.24. The van der Waals surface area contributed by atoms with Crippen molar-refractivity contribution in [3.05, 3.63) is 106 Å². The summed E-state index contributed by atoms with van der Waals surface area (Å²) in [6.07, 6.45) is 0.416. The Morgan fingerprint density at radius 3 is 2.25 bits per heavy atom. The number of hydrogen-bond donors (Lipinski definition) is 3. The Balaban J connectivity index is 1.61. The number of aromatic amines is 1. The smallest absolute Gasteiger partial charge is 0.305 e. The van der Waals surface area contributed by atoms with Crippen LogP contribution >= 0.6 is 11.6 Å². The van der Waals surface area contributed by atoms with Crippen LogP contribution in [0.1, 0.15) is 77.6 Å². The number of amides is 1. The van der Waals surface area contributed by atoms with Crippen LogP contribution in [0.15, 0.2) is 72.8 Å². The number of carboxylic acid groups (broad SMARTS) is 1. The van der Waals surface area contributed by atoms with Crippen LogP contribution in [0.4, 0.5) is 0 Å². The molecule has 0 spiro atoms. The van der Waals surface area contributed by atoms with E-state index in [9.17, 15) is 14.4 Å². The molecule has 3 N–H and O–H groups in total. The van der Waals surface area contributed by atoms with E-state index < -0.39 is 5.97 Å². The summed E-state index contributed by atoms with van der Waals surface area (Å²) >= 11 is 6.18. The highest BCUT2D eigenvalue weighted by Gasteiger charge is 2.29. The van der Waals surface area contributed by atoms with E-state index in [4.69, 9.17) is 16.7 Å². The molecule has 208 valence electrons. The summed E-state index contributed by atoms with van der Waals surface area (Å²) in [6.45, 7) is 8.62. The molecule has 4 rings (SSSR count). The molecular formula is C33H35ClN2O4. The first kappa shape index (κ1) is 29.1. The standard InChI is InChI=1S/C33H35ClN2O4/c1-20(22-7-9-23(10-8-22)32(40)35-16-15-30(37)38)27(17-21-5-11-25(12-6-21)33(2,3)4)31(39)29-19-24-18-26(34)13-14-28(24)36-29/h5-14,18-20,27,36H,15-17H2,1-4H3,(H,35,40)(H,37,38). The second kappa shape index (κ2) is 12.1. The van der Waals surface area contributed by atoms with Crippen LogP contribution in [0.5, 0.6) is 0 Å². The molecule has 0 radical (unpaired) electrons. The van der Waals surface area contributed by atoms with Gasteiger partial charge in [-0.05, 0) is 70.8 Å². The highest BCUT2D eigenvalue weighted by Crippen LogP contribution is 2.32. The van der Waals surface area contributed by atoms with Gasteiger partial charge in [-0.2, -0.15) is 0 Å². The number of benzene rings is 3. The van der Waals surface area contributed by atoms with E-state index in [0.717, 1.165) is 22.0 Å². The van der Waals surface area contributed by atoms with Crippen molar-refractivity contribution in [1.29, 1.82) is 0 Å². The molecule has 1 aromatic heterocycles. The molecule has 0 bridgehead atoms. The number of carbonyl (C=O) groups is 3. The molecule has 0 aliphatic rings. The Kier molecular flexibility index (Phi) is 8.79. The van der Waals surface area contributed by atoms with Crippen LogP contribution in [0.3, 0.4) is 0 Å². The highest BCUT2D eigenvalue weighted by atomic mass is 35.5. The van der Waals surface area contributed by atoms with Gasteiger partial charge in [0, 0.05) is 34.0 Å². The van der Waals surface area contributed by atoms with Crippen molar-refractivity contribution in [2.45, 2.75) is 51.9 Å². The summed E-state index contributed by atoms with van der Waals surface area (Å²) in [7, 11) is 0. The fourth-order valence-corrected chi connectivity index (χ4v) is 5.06. The molecule has 0 saturated carbocycles. The SMILES string of the molecule is CC(c1ccc(C(=O)NCCC(=O)O)cc1)C(Cc1ccc(C(C)(C)C)cc1)C(=O)c1cc2cc(Cl)ccc2[nH]1. The van der Waals surface area contributed by atoms with Gasteiger partial charge in [0.25, 0.3) is 5.91 Å². The molecular weight excluding hydrogens is 524 g/mol. The van der Waals surface area contributed by atoms with Crippen molar-refractivity contribution in [2.24, 2.45) is 5.92 Å². The number of fused-ring (bicyclic) bond motifs is 1. The number of H-pyrrole nitrogens is 1. The number of aliphatic carboxylic acids is 1. The van der Waals surface area contributed by atoms with E-state index in [0.29, 0.717) is 22.7 Å². The summed E-state index contributed by atoms with van der Waals surface area (Å²) < 4.78 is 0. The van der Waals surface area contributed by atoms with E-state index >= 15 is 0 Å². The Labute approximate surface area is 239 Å². The first-order chi connectivity index (χ1) is 18.9. The van der Waals surface area contributed by atoms with Gasteiger partial charge in [0.1, 0.15) is 0 Å². The largest absolute Gasteiger partial charge is 0.481 e. The molecule has 0 saturated heterocycles. The highest BCUT2D eigenvalue weighted by molar-refractivity contribution is 6.31. The molecule has 4 aromatic rings. The summed E-state index contributed by atoms with van der Waals surface area (Å²) in [5.74, 6) is -1.79. The third-order valence-electron chi connectivity index (χ3n) is 7.39. The van der Waals surface area contributed by atoms with E-state index in [1.54, 1.807) is 18.2 Å². The molecule has 0 aliphatic heterocycles. The molecule has 6 nitrogen and oxygen atoms in total. The summed E-state index contributed by atoms with van der Waals surface area (Å²) in [5, 5.41) is 12.9. The quantitative estimate of drug-likeness (QED) is 0.180. The average Bonchev–Trinajstić information content (AvgIpc) is 3.34. The van der Waals surface area contributed by atoms with Gasteiger partial charge in [0.05, 0.1) is 12.1 Å². The lowest BCUT2D eigenvalue weighted by molar-refractivity contribution is -0.136. The van der Waals surface area contributed by atoms with Gasteiger partial charge in [0.2, 0.25) is 0 Å². The fourth-order valence-electron chi connectivity index (χ4n) is 4.88. The number of rotatable bonds is 10. The van der Waals surface area contributed by atoms with E-state index in [-0.39, 0.29) is 41.9 Å². The van der Waals surface area contributed by atoms with Gasteiger partial charge in [0.15, 0.2) is 5.78 Å². The second-order valence-electron chi connectivity index (χ2n) is 11.3. The summed E-state index contributed by atoms with van der Waals surface area (Å²) in [6, 6.07) is 23.0. The minimum absolute atomic E-state index is 0.00945. The number of nitrogens with one attached hydrogen (secondary N) is 2. The van der Waals surface area contributed by atoms with Crippen LogP contribution in [0.2, 0.25) is 5.02 Å². The second-order valence-corrected chi connectivity index (χ2v) is 11.8. The zero-order chi connectivity index (χ0) is 29.0. The zero-order valence-corrected chi connectivity index (χ0v) is 24.0. The van der Waals surface area contributed by atoms with Crippen molar-refractivity contribution in [1.82, 2.24) is 10.3 Å². The van der Waals surface area contributed by atoms with Crippen LogP contribution < -0.4 is 5.32 Å². The Bertz CT molecular complexity index is 1520. The number of aromatic nitrogens is 1. The molecule has 0 fully saturated rings. The van der Waals surface area contributed by atoms with E-state index in [2.05, 4.69) is 55.3 Å². The van der Waals surface area contributed by atoms with Crippen LogP contribution in [-0.4, -0.2) is 34.3 Å². The van der Waals surface area contributed by atoms with Crippen LogP contribution in [-0.2, 0) is 16.6 Å². The fraction of sp³-hybridized carbons (Fsp3) is 0.303.